The second-order valence-electron chi connectivity index (χ2n) is 11.7. The summed E-state index contributed by atoms with van der Waals surface area (Å²) < 4.78 is -0.254. The van der Waals surface area contributed by atoms with Crippen molar-refractivity contribution in [2.24, 2.45) is 0 Å². The Balaban J connectivity index is 1.44. The number of benzene rings is 3. The lowest BCUT2D eigenvalue weighted by molar-refractivity contribution is -0.136. The van der Waals surface area contributed by atoms with E-state index in [2.05, 4.69) is 26.2 Å². The molecule has 0 bridgehead atoms. The molecule has 0 aliphatic carbocycles. The lowest BCUT2D eigenvalue weighted by Crippen LogP contribution is -2.58. The number of aromatic nitrogens is 1. The molecular weight excluding hydrogens is 690 g/mol. The van der Waals surface area contributed by atoms with E-state index in [0.29, 0.717) is 37.7 Å². The molecule has 1 unspecified atom stereocenters. The van der Waals surface area contributed by atoms with Gasteiger partial charge in [0.15, 0.2) is 0 Å². The SMILES string of the molecule is Cc1ccc(SC2(C(=O)N3CCN(C(=O)NCCO)CC3)CC(=O)N(Cc3ccc(Br)cc3)[C@H]2c2c[nH]c3cc(Cl)ccc23)cc1. The van der Waals surface area contributed by atoms with Gasteiger partial charge in [-0.3, -0.25) is 9.59 Å². The van der Waals surface area contributed by atoms with E-state index in [1.807, 2.05) is 84.8 Å². The van der Waals surface area contributed by atoms with Gasteiger partial charge in [0.2, 0.25) is 11.8 Å². The number of hydrogen-bond donors (Lipinski definition) is 3. The minimum Gasteiger partial charge on any atom is -0.395 e. The molecule has 1 aromatic heterocycles. The summed E-state index contributed by atoms with van der Waals surface area (Å²) >= 11 is 11.3. The smallest absolute Gasteiger partial charge is 0.317 e. The van der Waals surface area contributed by atoms with Gasteiger partial charge in [0.25, 0.3) is 0 Å². The van der Waals surface area contributed by atoms with Crippen molar-refractivity contribution in [1.29, 1.82) is 0 Å². The van der Waals surface area contributed by atoms with Crippen molar-refractivity contribution >= 4 is 68.0 Å². The fraction of sp³-hybridized carbons (Fsp3) is 0.324. The zero-order chi connectivity index (χ0) is 32.4. The normalized spacial score (nSPS) is 20.0. The number of aliphatic hydroxyl groups is 1. The highest BCUT2D eigenvalue weighted by atomic mass is 79.9. The van der Waals surface area contributed by atoms with Crippen molar-refractivity contribution in [2.45, 2.75) is 35.6 Å². The van der Waals surface area contributed by atoms with Gasteiger partial charge in [-0.25, -0.2) is 4.79 Å². The van der Waals surface area contributed by atoms with E-state index >= 15 is 4.79 Å². The zero-order valence-corrected chi connectivity index (χ0v) is 28.5. The predicted molar refractivity (Wildman–Crippen MR) is 184 cm³/mol. The maximum atomic E-state index is 15.1. The fourth-order valence-electron chi connectivity index (χ4n) is 6.35. The largest absolute Gasteiger partial charge is 0.395 e. The number of piperazine rings is 1. The van der Waals surface area contributed by atoms with Crippen LogP contribution in [0.15, 0.2) is 82.3 Å². The number of urea groups is 1. The molecule has 2 atom stereocenters. The summed E-state index contributed by atoms with van der Waals surface area (Å²) in [5.74, 6) is -0.236. The number of halogens is 2. The number of carbonyl (C=O) groups is 3. The van der Waals surface area contributed by atoms with Gasteiger partial charge in [0, 0.05) is 76.3 Å². The number of H-pyrrole nitrogens is 1. The average molecular weight is 725 g/mol. The maximum Gasteiger partial charge on any atom is 0.317 e. The molecule has 240 valence electrons. The second kappa shape index (κ2) is 13.7. The summed E-state index contributed by atoms with van der Waals surface area (Å²) in [6.45, 7) is 3.74. The standard InChI is InChI=1S/C34H35BrClN5O4S/c1-22-2-9-26(10-3-22)46-34(32(44)39-13-15-40(16-14-39)33(45)37-12-17-42)19-30(43)41(21-23-4-6-24(35)7-5-23)31(34)28-20-38-29-18-25(36)8-11-27(28)29/h2-11,18,20,31,38,42H,12-17,19,21H2,1H3,(H,37,45)/t31-,34?/m0/s1. The first-order valence-electron chi connectivity index (χ1n) is 15.2. The number of hydrogen-bond acceptors (Lipinski definition) is 5. The number of rotatable bonds is 8. The number of amides is 4. The summed E-state index contributed by atoms with van der Waals surface area (Å²) in [6, 6.07) is 20.7. The summed E-state index contributed by atoms with van der Waals surface area (Å²) in [4.78, 5) is 51.4. The first-order valence-corrected chi connectivity index (χ1v) is 17.2. The van der Waals surface area contributed by atoms with E-state index in [1.54, 1.807) is 9.80 Å². The lowest BCUT2D eigenvalue weighted by atomic mass is 9.90. The van der Waals surface area contributed by atoms with Crippen LogP contribution in [-0.4, -0.2) is 86.7 Å². The minimum absolute atomic E-state index is 0.0169. The molecule has 2 aliphatic heterocycles. The van der Waals surface area contributed by atoms with Crippen molar-refractivity contribution < 1.29 is 19.5 Å². The summed E-state index contributed by atoms with van der Waals surface area (Å²) in [5, 5.41) is 13.3. The van der Waals surface area contributed by atoms with E-state index in [4.69, 9.17) is 16.7 Å². The van der Waals surface area contributed by atoms with Crippen LogP contribution in [-0.2, 0) is 16.1 Å². The Labute approximate surface area is 285 Å². The number of aliphatic hydroxyl groups excluding tert-OH is 1. The third-order valence-electron chi connectivity index (χ3n) is 8.65. The number of nitrogens with one attached hydrogen (secondary N) is 2. The number of thioether (sulfide) groups is 1. The fourth-order valence-corrected chi connectivity index (χ4v) is 8.26. The van der Waals surface area contributed by atoms with Crippen LogP contribution in [0.3, 0.4) is 0 Å². The number of carbonyl (C=O) groups excluding carboxylic acids is 3. The Morgan fingerprint density at radius 2 is 1.74 bits per heavy atom. The molecule has 3 heterocycles. The van der Waals surface area contributed by atoms with Crippen LogP contribution in [0.4, 0.5) is 4.79 Å². The van der Waals surface area contributed by atoms with Crippen molar-refractivity contribution in [3.63, 3.8) is 0 Å². The molecule has 4 amide bonds. The minimum atomic E-state index is -1.20. The highest BCUT2D eigenvalue weighted by Gasteiger charge is 2.59. The third kappa shape index (κ3) is 6.51. The zero-order valence-electron chi connectivity index (χ0n) is 25.3. The van der Waals surface area contributed by atoms with Crippen molar-refractivity contribution in [3.8, 4) is 0 Å². The molecule has 0 saturated carbocycles. The quantitative estimate of drug-likeness (QED) is 0.215. The topological polar surface area (TPSA) is 109 Å². The Kier molecular flexibility index (Phi) is 9.65. The summed E-state index contributed by atoms with van der Waals surface area (Å²) in [5.41, 5.74) is 3.74. The van der Waals surface area contributed by atoms with Gasteiger partial charge < -0.3 is 30.1 Å². The van der Waals surface area contributed by atoms with Gasteiger partial charge in [-0.2, -0.15) is 0 Å². The van der Waals surface area contributed by atoms with E-state index in [9.17, 15) is 9.59 Å². The Morgan fingerprint density at radius 1 is 1.04 bits per heavy atom. The highest BCUT2D eigenvalue weighted by molar-refractivity contribution is 9.10. The van der Waals surface area contributed by atoms with Crippen LogP contribution in [0, 0.1) is 6.92 Å². The van der Waals surface area contributed by atoms with E-state index in [0.717, 1.165) is 37.0 Å². The second-order valence-corrected chi connectivity index (χ2v) is 14.5. The number of nitrogens with zero attached hydrogens (tertiary/aromatic N) is 3. The van der Waals surface area contributed by atoms with Crippen LogP contribution < -0.4 is 5.32 Å². The van der Waals surface area contributed by atoms with Gasteiger partial charge in [-0.05, 0) is 48.9 Å². The van der Waals surface area contributed by atoms with Crippen LogP contribution >= 0.6 is 39.3 Å². The number of fused-ring (bicyclic) bond motifs is 1. The van der Waals surface area contributed by atoms with E-state index in [-0.39, 0.29) is 37.4 Å². The van der Waals surface area contributed by atoms with Crippen LogP contribution in [0.25, 0.3) is 10.9 Å². The highest BCUT2D eigenvalue weighted by Crippen LogP contribution is 2.55. The van der Waals surface area contributed by atoms with Crippen LogP contribution in [0.5, 0.6) is 0 Å². The Morgan fingerprint density at radius 3 is 2.43 bits per heavy atom. The molecule has 0 spiro atoms. The first-order chi connectivity index (χ1) is 22.2. The van der Waals surface area contributed by atoms with E-state index in [1.165, 1.54) is 11.8 Å². The Hall–Kier alpha value is -3.51. The first kappa shape index (κ1) is 32.4. The molecule has 2 saturated heterocycles. The van der Waals surface area contributed by atoms with Gasteiger partial charge in [0.1, 0.15) is 4.75 Å². The predicted octanol–water partition coefficient (Wildman–Crippen LogP) is 5.74. The van der Waals surface area contributed by atoms with E-state index < -0.39 is 10.8 Å². The molecule has 46 heavy (non-hydrogen) atoms. The molecular formula is C34H35BrClN5O4S. The molecule has 2 aliphatic rings. The molecule has 9 nitrogen and oxygen atoms in total. The van der Waals surface area contributed by atoms with Gasteiger partial charge in [-0.1, -0.05) is 63.4 Å². The molecule has 0 radical (unpaired) electrons. The monoisotopic (exact) mass is 723 g/mol. The van der Waals surface area contributed by atoms with Crippen molar-refractivity contribution in [3.05, 3.63) is 99.1 Å². The van der Waals surface area contributed by atoms with Crippen molar-refractivity contribution in [2.75, 3.05) is 39.3 Å². The molecule has 6 rings (SSSR count). The van der Waals surface area contributed by atoms with Gasteiger partial charge in [0.05, 0.1) is 19.1 Å². The van der Waals surface area contributed by atoms with Crippen LogP contribution in [0.2, 0.25) is 5.02 Å². The van der Waals surface area contributed by atoms with Crippen LogP contribution in [0.1, 0.15) is 29.2 Å². The Bertz CT molecular complexity index is 1740. The van der Waals surface area contributed by atoms with Gasteiger partial charge in [-0.15, -0.1) is 11.8 Å². The van der Waals surface area contributed by atoms with Gasteiger partial charge >= 0.3 is 6.03 Å². The molecule has 2 fully saturated rings. The average Bonchev–Trinajstić information content (AvgIpc) is 3.58. The molecule has 12 heteroatoms. The number of likely N-dealkylation sites (tertiary alicyclic amines) is 1. The molecule has 3 aromatic carbocycles. The summed E-state index contributed by atoms with van der Waals surface area (Å²) in [6.07, 6.45) is 1.92. The number of aryl methyl sites for hydroxylation is 1. The summed E-state index contributed by atoms with van der Waals surface area (Å²) in [7, 11) is 0. The van der Waals surface area contributed by atoms with Crippen molar-refractivity contribution in [1.82, 2.24) is 25.0 Å². The number of aromatic amines is 1. The maximum absolute atomic E-state index is 15.1. The molecule has 4 aromatic rings. The third-order valence-corrected chi connectivity index (χ3v) is 10.8. The lowest BCUT2D eigenvalue weighted by Gasteiger charge is -2.42. The molecule has 3 N–H and O–H groups in total.